The number of fused-ring (bicyclic) bond motifs is 1. The van der Waals surface area contributed by atoms with Crippen molar-refractivity contribution in [3.05, 3.63) is 28.6 Å². The summed E-state index contributed by atoms with van der Waals surface area (Å²) in [5, 5.41) is 8.85. The van der Waals surface area contributed by atoms with Crippen LogP contribution in [-0.2, 0) is 6.42 Å². The predicted octanol–water partition coefficient (Wildman–Crippen LogP) is 2.31. The maximum absolute atomic E-state index is 8.85. The molecule has 0 spiro atoms. The van der Waals surface area contributed by atoms with E-state index in [-0.39, 0.29) is 0 Å². The van der Waals surface area contributed by atoms with E-state index in [0.717, 1.165) is 17.7 Å². The molecule has 0 N–H and O–H groups in total. The van der Waals surface area contributed by atoms with Crippen molar-refractivity contribution in [2.45, 2.75) is 32.6 Å². The summed E-state index contributed by atoms with van der Waals surface area (Å²) < 4.78 is 0. The van der Waals surface area contributed by atoms with Gasteiger partial charge in [-0.1, -0.05) is 6.92 Å². The van der Waals surface area contributed by atoms with Crippen molar-refractivity contribution in [2.75, 3.05) is 0 Å². The number of nitriles is 1. The van der Waals surface area contributed by atoms with E-state index in [2.05, 4.69) is 18.0 Å². The Morgan fingerprint density at radius 3 is 3.08 bits per heavy atom. The van der Waals surface area contributed by atoms with E-state index >= 15 is 0 Å². The van der Waals surface area contributed by atoms with Gasteiger partial charge in [0.1, 0.15) is 6.07 Å². The number of hydrogen-bond donors (Lipinski definition) is 0. The lowest BCUT2D eigenvalue weighted by Crippen LogP contribution is -1.96. The first kappa shape index (κ1) is 8.25. The normalized spacial score (nSPS) is 19.6. The highest BCUT2D eigenvalue weighted by molar-refractivity contribution is 5.41. The molecule has 0 amide bonds. The maximum Gasteiger partial charge on any atom is 0.101 e. The van der Waals surface area contributed by atoms with E-state index in [1.54, 1.807) is 0 Å². The summed E-state index contributed by atoms with van der Waals surface area (Å²) in [7, 11) is 0. The summed E-state index contributed by atoms with van der Waals surface area (Å²) in [6, 6.07) is 4.19. The molecule has 2 nitrogen and oxygen atoms in total. The maximum atomic E-state index is 8.85. The highest BCUT2D eigenvalue weighted by Crippen LogP contribution is 2.32. The van der Waals surface area contributed by atoms with Crippen molar-refractivity contribution in [1.29, 1.82) is 5.26 Å². The summed E-state index contributed by atoms with van der Waals surface area (Å²) in [5.74, 6) is 0.579. The minimum atomic E-state index is 0.579. The predicted molar refractivity (Wildman–Crippen MR) is 50.4 cm³/mol. The standard InChI is InChI=1S/C11H12N2/c1-7-3-4-11-10(7)5-9(6-12)8(2)13-11/h5,7H,3-4H2,1-2H3. The van der Waals surface area contributed by atoms with E-state index in [0.29, 0.717) is 5.92 Å². The second-order valence-electron chi connectivity index (χ2n) is 3.71. The molecular formula is C11H12N2. The molecule has 0 radical (unpaired) electrons. The van der Waals surface area contributed by atoms with Crippen molar-refractivity contribution in [3.8, 4) is 6.07 Å². The third-order valence-corrected chi connectivity index (χ3v) is 2.79. The fourth-order valence-corrected chi connectivity index (χ4v) is 1.92. The van der Waals surface area contributed by atoms with Crippen LogP contribution in [0, 0.1) is 18.3 Å². The molecule has 1 aromatic rings. The van der Waals surface area contributed by atoms with Crippen molar-refractivity contribution >= 4 is 0 Å². The third kappa shape index (κ3) is 1.21. The van der Waals surface area contributed by atoms with Gasteiger partial charge in [-0.25, -0.2) is 0 Å². The average molecular weight is 172 g/mol. The number of pyridine rings is 1. The first-order chi connectivity index (χ1) is 6.22. The molecule has 2 heteroatoms. The van der Waals surface area contributed by atoms with Crippen molar-refractivity contribution in [2.24, 2.45) is 0 Å². The lowest BCUT2D eigenvalue weighted by atomic mass is 10.0. The van der Waals surface area contributed by atoms with Gasteiger partial charge in [-0.15, -0.1) is 0 Å². The molecule has 0 bridgehead atoms. The first-order valence-electron chi connectivity index (χ1n) is 4.63. The Kier molecular flexibility index (Phi) is 1.81. The van der Waals surface area contributed by atoms with Crippen LogP contribution in [-0.4, -0.2) is 4.98 Å². The number of aromatic nitrogens is 1. The van der Waals surface area contributed by atoms with Gasteiger partial charge in [0.2, 0.25) is 0 Å². The molecule has 0 saturated carbocycles. The van der Waals surface area contributed by atoms with Gasteiger partial charge in [0.05, 0.1) is 11.3 Å². The summed E-state index contributed by atoms with van der Waals surface area (Å²) in [6.07, 6.45) is 2.25. The lowest BCUT2D eigenvalue weighted by molar-refractivity contribution is 0.746. The van der Waals surface area contributed by atoms with Crippen LogP contribution in [0.4, 0.5) is 0 Å². The van der Waals surface area contributed by atoms with Crippen LogP contribution in [0.1, 0.15) is 41.8 Å². The number of hydrogen-bond acceptors (Lipinski definition) is 2. The lowest BCUT2D eigenvalue weighted by Gasteiger charge is -2.05. The SMILES string of the molecule is Cc1nc2c(cc1C#N)C(C)CC2. The molecule has 0 aliphatic heterocycles. The molecule has 1 aliphatic carbocycles. The van der Waals surface area contributed by atoms with Crippen LogP contribution >= 0.6 is 0 Å². The molecule has 1 heterocycles. The van der Waals surface area contributed by atoms with Gasteiger partial charge in [0.25, 0.3) is 0 Å². The van der Waals surface area contributed by atoms with Crippen LogP contribution < -0.4 is 0 Å². The molecule has 0 fully saturated rings. The van der Waals surface area contributed by atoms with Gasteiger partial charge in [-0.3, -0.25) is 4.98 Å². The number of aryl methyl sites for hydroxylation is 2. The fourth-order valence-electron chi connectivity index (χ4n) is 1.92. The minimum absolute atomic E-state index is 0.579. The number of nitrogens with zero attached hydrogens (tertiary/aromatic N) is 2. The summed E-state index contributed by atoms with van der Waals surface area (Å²) in [5.41, 5.74) is 4.08. The topological polar surface area (TPSA) is 36.7 Å². The second-order valence-corrected chi connectivity index (χ2v) is 3.71. The van der Waals surface area contributed by atoms with Gasteiger partial charge in [0.15, 0.2) is 0 Å². The third-order valence-electron chi connectivity index (χ3n) is 2.79. The smallest absolute Gasteiger partial charge is 0.101 e. The van der Waals surface area contributed by atoms with E-state index in [4.69, 9.17) is 5.26 Å². The summed E-state index contributed by atoms with van der Waals surface area (Å²) in [4.78, 5) is 4.45. The zero-order valence-corrected chi connectivity index (χ0v) is 7.96. The average Bonchev–Trinajstić information content (AvgIpc) is 2.46. The Balaban J connectivity index is 2.59. The van der Waals surface area contributed by atoms with Crippen molar-refractivity contribution in [1.82, 2.24) is 4.98 Å². The zero-order chi connectivity index (χ0) is 9.42. The Hall–Kier alpha value is -1.36. The highest BCUT2D eigenvalue weighted by atomic mass is 14.7. The van der Waals surface area contributed by atoms with Crippen LogP contribution in [0.2, 0.25) is 0 Å². The minimum Gasteiger partial charge on any atom is -0.257 e. The molecule has 1 aliphatic rings. The Morgan fingerprint density at radius 2 is 2.38 bits per heavy atom. The van der Waals surface area contributed by atoms with E-state index in [1.165, 1.54) is 17.7 Å². The van der Waals surface area contributed by atoms with Gasteiger partial charge >= 0.3 is 0 Å². The van der Waals surface area contributed by atoms with Crippen LogP contribution in [0.5, 0.6) is 0 Å². The molecule has 2 rings (SSSR count). The molecule has 0 saturated heterocycles. The molecule has 0 aromatic carbocycles. The Morgan fingerprint density at radius 1 is 1.62 bits per heavy atom. The van der Waals surface area contributed by atoms with Gasteiger partial charge < -0.3 is 0 Å². The number of rotatable bonds is 0. The van der Waals surface area contributed by atoms with E-state index in [9.17, 15) is 0 Å². The zero-order valence-electron chi connectivity index (χ0n) is 7.96. The van der Waals surface area contributed by atoms with Crippen molar-refractivity contribution in [3.63, 3.8) is 0 Å². The molecule has 66 valence electrons. The summed E-state index contributed by atoms with van der Waals surface area (Å²) in [6.45, 7) is 4.10. The summed E-state index contributed by atoms with van der Waals surface area (Å²) >= 11 is 0. The van der Waals surface area contributed by atoms with Gasteiger partial charge in [-0.05, 0) is 37.3 Å². The van der Waals surface area contributed by atoms with Crippen molar-refractivity contribution < 1.29 is 0 Å². The van der Waals surface area contributed by atoms with Crippen LogP contribution in [0.3, 0.4) is 0 Å². The first-order valence-corrected chi connectivity index (χ1v) is 4.63. The Bertz CT molecular complexity index is 388. The Labute approximate surface area is 78.2 Å². The van der Waals surface area contributed by atoms with E-state index < -0.39 is 0 Å². The second kappa shape index (κ2) is 2.85. The van der Waals surface area contributed by atoms with Gasteiger partial charge in [-0.2, -0.15) is 5.26 Å². The molecule has 1 atom stereocenters. The van der Waals surface area contributed by atoms with Crippen LogP contribution in [0.15, 0.2) is 6.07 Å². The largest absolute Gasteiger partial charge is 0.257 e. The molecular weight excluding hydrogens is 160 g/mol. The molecule has 13 heavy (non-hydrogen) atoms. The monoisotopic (exact) mass is 172 g/mol. The quantitative estimate of drug-likeness (QED) is 0.602. The molecule has 1 aromatic heterocycles. The fraction of sp³-hybridized carbons (Fsp3) is 0.455. The van der Waals surface area contributed by atoms with E-state index in [1.807, 2.05) is 13.0 Å². The van der Waals surface area contributed by atoms with Crippen LogP contribution in [0.25, 0.3) is 0 Å². The van der Waals surface area contributed by atoms with Gasteiger partial charge in [0, 0.05) is 5.69 Å². The highest BCUT2D eigenvalue weighted by Gasteiger charge is 2.20. The molecule has 1 unspecified atom stereocenters.